The Kier molecular flexibility index (Phi) is 8.79. The average molecular weight is 646 g/mol. The Bertz CT molecular complexity index is 827. The van der Waals surface area contributed by atoms with E-state index in [9.17, 15) is 19.8 Å². The molecule has 0 aliphatic heterocycles. The van der Waals surface area contributed by atoms with Gasteiger partial charge in [-0.1, -0.05) is 12.1 Å². The topological polar surface area (TPSA) is 93.1 Å². The van der Waals surface area contributed by atoms with E-state index in [0.717, 1.165) is 0 Å². The van der Waals surface area contributed by atoms with Crippen molar-refractivity contribution >= 4 is 75.7 Å². The third-order valence-corrected chi connectivity index (χ3v) is 7.61. The van der Waals surface area contributed by atoms with E-state index in [0.29, 0.717) is 29.0 Å². The fraction of sp³-hybridized carbons (Fsp3) is 0.222. The van der Waals surface area contributed by atoms with Crippen LogP contribution in [0.15, 0.2) is 42.2 Å². The Morgan fingerprint density at radius 2 is 1.07 bits per heavy atom. The lowest BCUT2D eigenvalue weighted by Crippen LogP contribution is -2.10. The molecule has 0 fully saturated rings. The summed E-state index contributed by atoms with van der Waals surface area (Å²) in [6.45, 7) is -0.237. The molecule has 2 aromatic rings. The summed E-state index contributed by atoms with van der Waals surface area (Å²) in [7, 11) is 0. The highest BCUT2D eigenvalue weighted by atomic mass is 79.9. The van der Waals surface area contributed by atoms with Gasteiger partial charge in [-0.2, -0.15) is 0 Å². The zero-order valence-electron chi connectivity index (χ0n) is 14.2. The number of carbonyl (C=O) groups excluding carboxylic acids is 2. The van der Waals surface area contributed by atoms with Crippen LogP contribution in [0.1, 0.15) is 24.0 Å². The second-order valence-electron chi connectivity index (χ2n) is 5.56. The monoisotopic (exact) mass is 642 g/mol. The van der Waals surface area contributed by atoms with Crippen LogP contribution in [0.4, 0.5) is 0 Å². The number of esters is 2. The summed E-state index contributed by atoms with van der Waals surface area (Å²) in [5.74, 6) is -1.24. The molecule has 0 saturated heterocycles. The predicted molar refractivity (Wildman–Crippen MR) is 116 cm³/mol. The van der Waals surface area contributed by atoms with Gasteiger partial charge in [-0.05, 0) is 75.9 Å². The van der Waals surface area contributed by atoms with Crippen LogP contribution in [-0.2, 0) is 32.3 Å². The van der Waals surface area contributed by atoms with Gasteiger partial charge in [0.1, 0.15) is 24.7 Å². The number of hydrogen-bond donors (Lipinski definition) is 2. The fourth-order valence-corrected chi connectivity index (χ4v) is 3.47. The average Bonchev–Trinajstić information content (AvgIpc) is 2.67. The van der Waals surface area contributed by atoms with Crippen LogP contribution < -0.4 is 0 Å². The van der Waals surface area contributed by atoms with Crippen molar-refractivity contribution in [2.24, 2.45) is 0 Å². The zero-order valence-corrected chi connectivity index (χ0v) is 20.5. The van der Waals surface area contributed by atoms with Crippen molar-refractivity contribution in [1.82, 2.24) is 0 Å². The van der Waals surface area contributed by atoms with E-state index in [4.69, 9.17) is 9.47 Å². The van der Waals surface area contributed by atoms with Crippen LogP contribution in [0.3, 0.4) is 0 Å². The summed E-state index contributed by atoms with van der Waals surface area (Å²) in [6, 6.07) is 6.66. The molecule has 0 amide bonds. The molecular weight excluding hydrogens is 632 g/mol. The minimum atomic E-state index is -0.593. The largest absolute Gasteiger partial charge is 0.506 e. The lowest BCUT2D eigenvalue weighted by atomic mass is 10.2. The van der Waals surface area contributed by atoms with Crippen LogP contribution in [0, 0.1) is 0 Å². The molecule has 6 nitrogen and oxygen atoms in total. The zero-order chi connectivity index (χ0) is 20.8. The van der Waals surface area contributed by atoms with Gasteiger partial charge >= 0.3 is 11.9 Å². The van der Waals surface area contributed by atoms with Gasteiger partial charge in [-0.15, -0.1) is 0 Å². The molecule has 0 saturated carbocycles. The first-order valence-electron chi connectivity index (χ1n) is 7.83. The third kappa shape index (κ3) is 6.20. The molecule has 0 spiro atoms. The Labute approximate surface area is 194 Å². The van der Waals surface area contributed by atoms with Gasteiger partial charge in [0.15, 0.2) is 0 Å². The van der Waals surface area contributed by atoms with Crippen molar-refractivity contribution in [2.45, 2.75) is 26.1 Å². The Balaban J connectivity index is 1.78. The van der Waals surface area contributed by atoms with Crippen LogP contribution >= 0.6 is 63.7 Å². The molecule has 28 heavy (non-hydrogen) atoms. The lowest BCUT2D eigenvalue weighted by Gasteiger charge is -2.10. The number of rotatable bonds is 7. The molecule has 150 valence electrons. The first kappa shape index (κ1) is 23.2. The van der Waals surface area contributed by atoms with Gasteiger partial charge in [-0.3, -0.25) is 9.59 Å². The molecule has 0 radical (unpaired) electrons. The van der Waals surface area contributed by atoms with E-state index in [1.165, 1.54) is 0 Å². The standard InChI is InChI=1S/C18H14Br4O6/c19-11-3-1-9(17(25)15(11)21)7-27-13(23)5-6-14(24)28-8-10-2-4-12(20)16(22)18(10)26/h1-4,25-26H,5-8H2. The summed E-state index contributed by atoms with van der Waals surface area (Å²) < 4.78 is 12.4. The summed E-state index contributed by atoms with van der Waals surface area (Å²) in [4.78, 5) is 23.6. The normalized spacial score (nSPS) is 10.6. The van der Waals surface area contributed by atoms with Crippen LogP contribution in [-0.4, -0.2) is 22.2 Å². The first-order valence-corrected chi connectivity index (χ1v) is 11.0. The highest BCUT2D eigenvalue weighted by Gasteiger charge is 2.14. The van der Waals surface area contributed by atoms with Crippen molar-refractivity contribution in [2.75, 3.05) is 0 Å². The van der Waals surface area contributed by atoms with Crippen LogP contribution in [0.2, 0.25) is 0 Å². The first-order chi connectivity index (χ1) is 13.2. The van der Waals surface area contributed by atoms with Gasteiger partial charge in [-0.25, -0.2) is 0 Å². The number of phenolic OH excluding ortho intramolecular Hbond substituents is 2. The summed E-state index contributed by atoms with van der Waals surface area (Å²) in [6.07, 6.45) is -0.319. The number of hydrogen-bond acceptors (Lipinski definition) is 6. The second kappa shape index (κ2) is 10.6. The second-order valence-corrected chi connectivity index (χ2v) is 8.85. The third-order valence-electron chi connectivity index (χ3n) is 3.62. The van der Waals surface area contributed by atoms with E-state index in [1.807, 2.05) is 0 Å². The number of carbonyl (C=O) groups is 2. The predicted octanol–water partition coefficient (Wildman–Crippen LogP) is 5.71. The number of halogens is 4. The SMILES string of the molecule is O=C(CCC(=O)OCc1ccc(Br)c(Br)c1O)OCc1ccc(Br)c(Br)c1O. The maximum absolute atomic E-state index is 11.8. The van der Waals surface area contributed by atoms with Crippen molar-refractivity contribution in [3.63, 3.8) is 0 Å². The Morgan fingerprint density at radius 1 is 0.714 bits per heavy atom. The van der Waals surface area contributed by atoms with Crippen molar-refractivity contribution in [3.8, 4) is 11.5 Å². The van der Waals surface area contributed by atoms with E-state index >= 15 is 0 Å². The van der Waals surface area contributed by atoms with Gasteiger partial charge in [0.05, 0.1) is 21.8 Å². The Morgan fingerprint density at radius 3 is 1.43 bits per heavy atom. The van der Waals surface area contributed by atoms with E-state index < -0.39 is 11.9 Å². The number of phenols is 2. The molecule has 2 aromatic carbocycles. The van der Waals surface area contributed by atoms with E-state index in [-0.39, 0.29) is 37.6 Å². The molecule has 0 bridgehead atoms. The minimum Gasteiger partial charge on any atom is -0.506 e. The molecule has 0 aliphatic rings. The van der Waals surface area contributed by atoms with Crippen molar-refractivity contribution in [3.05, 3.63) is 53.3 Å². The maximum atomic E-state index is 11.8. The molecule has 0 aliphatic carbocycles. The highest BCUT2D eigenvalue weighted by molar-refractivity contribution is 9.13. The van der Waals surface area contributed by atoms with Crippen molar-refractivity contribution in [1.29, 1.82) is 0 Å². The fourth-order valence-electron chi connectivity index (χ4n) is 2.06. The quantitative estimate of drug-likeness (QED) is 0.375. The molecule has 0 unspecified atom stereocenters. The van der Waals surface area contributed by atoms with Crippen LogP contribution in [0.5, 0.6) is 11.5 Å². The van der Waals surface area contributed by atoms with E-state index in [1.54, 1.807) is 24.3 Å². The minimum absolute atomic E-state index is 0.0259. The lowest BCUT2D eigenvalue weighted by molar-refractivity contribution is -0.151. The molecular formula is C18H14Br4O6. The Hall–Kier alpha value is -1.10. The molecule has 2 N–H and O–H groups in total. The van der Waals surface area contributed by atoms with Gasteiger partial charge in [0.2, 0.25) is 0 Å². The smallest absolute Gasteiger partial charge is 0.306 e. The number of aromatic hydroxyl groups is 2. The molecule has 0 atom stereocenters. The summed E-state index contributed by atoms with van der Waals surface area (Å²) in [5.41, 5.74) is 0.865. The van der Waals surface area contributed by atoms with Gasteiger partial charge in [0.25, 0.3) is 0 Å². The summed E-state index contributed by atoms with van der Waals surface area (Å²) >= 11 is 12.9. The van der Waals surface area contributed by atoms with Crippen LogP contribution in [0.25, 0.3) is 0 Å². The number of ether oxygens (including phenoxy) is 2. The molecule has 0 heterocycles. The van der Waals surface area contributed by atoms with Gasteiger partial charge < -0.3 is 19.7 Å². The summed E-state index contributed by atoms with van der Waals surface area (Å²) in [5, 5.41) is 20.0. The van der Waals surface area contributed by atoms with E-state index in [2.05, 4.69) is 63.7 Å². The molecule has 10 heteroatoms. The van der Waals surface area contributed by atoms with Gasteiger partial charge in [0, 0.05) is 20.1 Å². The number of benzene rings is 2. The molecule has 2 rings (SSSR count). The highest BCUT2D eigenvalue weighted by Crippen LogP contribution is 2.36. The maximum Gasteiger partial charge on any atom is 0.306 e. The van der Waals surface area contributed by atoms with Crippen molar-refractivity contribution < 1.29 is 29.3 Å². The molecule has 0 aromatic heterocycles.